The van der Waals surface area contributed by atoms with Gasteiger partial charge in [-0.25, -0.2) is 13.1 Å². The molecule has 1 N–H and O–H groups in total. The van der Waals surface area contributed by atoms with Crippen molar-refractivity contribution in [2.45, 2.75) is 38.5 Å². The third-order valence-electron chi connectivity index (χ3n) is 5.47. The van der Waals surface area contributed by atoms with E-state index in [0.717, 1.165) is 29.5 Å². The van der Waals surface area contributed by atoms with Gasteiger partial charge in [-0.3, -0.25) is 9.78 Å². The molecule has 0 saturated carbocycles. The third-order valence-corrected chi connectivity index (χ3v) is 7.04. The Morgan fingerprint density at radius 3 is 2.32 bits per heavy atom. The van der Waals surface area contributed by atoms with Crippen molar-refractivity contribution in [1.82, 2.24) is 14.6 Å². The van der Waals surface area contributed by atoms with E-state index < -0.39 is 10.0 Å². The Bertz CT molecular complexity index is 950. The van der Waals surface area contributed by atoms with E-state index in [9.17, 15) is 13.2 Å². The Balaban J connectivity index is 1.57. The highest BCUT2D eigenvalue weighted by Gasteiger charge is 2.25. The van der Waals surface area contributed by atoms with Crippen LogP contribution in [-0.2, 0) is 10.0 Å². The number of aryl methyl sites for hydroxylation is 3. The topological polar surface area (TPSA) is 79.4 Å². The van der Waals surface area contributed by atoms with Gasteiger partial charge in [-0.1, -0.05) is 6.07 Å². The highest BCUT2D eigenvalue weighted by atomic mass is 32.2. The van der Waals surface area contributed by atoms with Gasteiger partial charge in [-0.15, -0.1) is 0 Å². The molecule has 28 heavy (non-hydrogen) atoms. The van der Waals surface area contributed by atoms with E-state index in [1.807, 2.05) is 31.7 Å². The van der Waals surface area contributed by atoms with Gasteiger partial charge in [0.2, 0.25) is 10.0 Å². The van der Waals surface area contributed by atoms with Crippen LogP contribution in [0.1, 0.15) is 39.9 Å². The fourth-order valence-corrected chi connectivity index (χ4v) is 4.97. The third kappa shape index (κ3) is 4.59. The summed E-state index contributed by atoms with van der Waals surface area (Å²) in [7, 11) is -3.54. The zero-order valence-corrected chi connectivity index (χ0v) is 17.4. The first-order valence-corrected chi connectivity index (χ1v) is 11.0. The summed E-state index contributed by atoms with van der Waals surface area (Å²) in [4.78, 5) is 18.6. The van der Waals surface area contributed by atoms with Gasteiger partial charge in [0.15, 0.2) is 0 Å². The zero-order chi connectivity index (χ0) is 20.3. The quantitative estimate of drug-likeness (QED) is 0.836. The number of pyridine rings is 1. The van der Waals surface area contributed by atoms with E-state index in [0.29, 0.717) is 30.1 Å². The number of amides is 1. The number of nitrogens with zero attached hydrogens (tertiary/aromatic N) is 2. The number of aromatic nitrogens is 1. The number of carbonyl (C=O) groups is 1. The van der Waals surface area contributed by atoms with Gasteiger partial charge in [-0.2, -0.15) is 0 Å². The maximum atomic E-state index is 12.7. The maximum absolute atomic E-state index is 12.7. The van der Waals surface area contributed by atoms with Crippen LogP contribution >= 0.6 is 0 Å². The molecule has 0 radical (unpaired) electrons. The molecular formula is C21H27N3O3S. The molecule has 1 saturated heterocycles. The number of benzene rings is 1. The second kappa shape index (κ2) is 8.41. The van der Waals surface area contributed by atoms with Gasteiger partial charge in [0.05, 0.1) is 4.90 Å². The van der Waals surface area contributed by atoms with Crippen molar-refractivity contribution in [3.8, 4) is 0 Å². The summed E-state index contributed by atoms with van der Waals surface area (Å²) in [6, 6.07) is 7.08. The molecule has 1 amide bonds. The maximum Gasteiger partial charge on any atom is 0.253 e. The number of hydrogen-bond donors (Lipinski definition) is 1. The smallest absolute Gasteiger partial charge is 0.253 e. The Labute approximate surface area is 167 Å². The van der Waals surface area contributed by atoms with Crippen molar-refractivity contribution in [3.63, 3.8) is 0 Å². The molecular weight excluding hydrogens is 374 g/mol. The molecule has 3 rings (SSSR count). The molecule has 0 aliphatic carbocycles. The first-order chi connectivity index (χ1) is 13.3. The van der Waals surface area contributed by atoms with E-state index in [2.05, 4.69) is 9.71 Å². The molecule has 0 bridgehead atoms. The van der Waals surface area contributed by atoms with Gasteiger partial charge in [-0.05, 0) is 74.4 Å². The van der Waals surface area contributed by atoms with Crippen LogP contribution in [0.3, 0.4) is 0 Å². The summed E-state index contributed by atoms with van der Waals surface area (Å²) >= 11 is 0. The Morgan fingerprint density at radius 1 is 1.07 bits per heavy atom. The monoisotopic (exact) mass is 401 g/mol. The van der Waals surface area contributed by atoms with E-state index in [4.69, 9.17) is 0 Å². The largest absolute Gasteiger partial charge is 0.339 e. The molecule has 0 atom stereocenters. The van der Waals surface area contributed by atoms with Gasteiger partial charge < -0.3 is 4.90 Å². The first-order valence-electron chi connectivity index (χ1n) is 9.55. The lowest BCUT2D eigenvalue weighted by Crippen LogP contribution is -2.41. The number of likely N-dealkylation sites (tertiary alicyclic amines) is 1. The van der Waals surface area contributed by atoms with Gasteiger partial charge in [0.1, 0.15) is 0 Å². The second-order valence-electron chi connectivity index (χ2n) is 7.53. The van der Waals surface area contributed by atoms with Crippen LogP contribution in [0.15, 0.2) is 41.6 Å². The predicted molar refractivity (Wildman–Crippen MR) is 109 cm³/mol. The summed E-state index contributed by atoms with van der Waals surface area (Å²) < 4.78 is 28.2. The molecule has 2 heterocycles. The van der Waals surface area contributed by atoms with Crippen LogP contribution in [0.5, 0.6) is 0 Å². The summed E-state index contributed by atoms with van der Waals surface area (Å²) in [6.07, 6.45) is 4.80. The number of carbonyl (C=O) groups excluding carboxylic acids is 1. The van der Waals surface area contributed by atoms with Crippen molar-refractivity contribution in [2.24, 2.45) is 5.92 Å². The Kier molecular flexibility index (Phi) is 6.15. The normalized spacial score (nSPS) is 15.6. The minimum atomic E-state index is -3.54. The van der Waals surface area contributed by atoms with Crippen LogP contribution in [-0.4, -0.2) is 43.8 Å². The molecule has 1 aromatic heterocycles. The number of piperidine rings is 1. The van der Waals surface area contributed by atoms with Crippen molar-refractivity contribution < 1.29 is 13.2 Å². The van der Waals surface area contributed by atoms with Crippen LogP contribution in [0.25, 0.3) is 0 Å². The average molecular weight is 402 g/mol. The molecule has 6 nitrogen and oxygen atoms in total. The molecule has 2 aromatic rings. The molecule has 150 valence electrons. The predicted octanol–water partition coefficient (Wildman–Crippen LogP) is 2.84. The summed E-state index contributed by atoms with van der Waals surface area (Å²) in [6.45, 7) is 7.39. The Hall–Kier alpha value is -2.25. The standard InChI is InChI=1S/C21H27N3O3S/c1-15-12-17(3)20(13-16(15)2)28(26,27)23-14-18-6-10-24(11-7-18)21(25)19-4-8-22-9-5-19/h4-5,8-9,12-13,18,23H,6-7,10-11,14H2,1-3H3. The summed E-state index contributed by atoms with van der Waals surface area (Å²) in [5, 5.41) is 0. The molecule has 1 fully saturated rings. The lowest BCUT2D eigenvalue weighted by atomic mass is 9.97. The van der Waals surface area contributed by atoms with Gasteiger partial charge in [0.25, 0.3) is 5.91 Å². The minimum absolute atomic E-state index is 0.00665. The van der Waals surface area contributed by atoms with Gasteiger partial charge >= 0.3 is 0 Å². The molecule has 0 unspecified atom stereocenters. The van der Waals surface area contributed by atoms with Crippen molar-refractivity contribution >= 4 is 15.9 Å². The molecule has 1 aliphatic heterocycles. The minimum Gasteiger partial charge on any atom is -0.339 e. The first kappa shape index (κ1) is 20.5. The van der Waals surface area contributed by atoms with E-state index in [1.165, 1.54) is 0 Å². The average Bonchev–Trinajstić information content (AvgIpc) is 2.69. The molecule has 1 aliphatic rings. The van der Waals surface area contributed by atoms with E-state index in [-0.39, 0.29) is 11.8 Å². The fraction of sp³-hybridized carbons (Fsp3) is 0.429. The molecule has 7 heteroatoms. The van der Waals surface area contributed by atoms with Crippen molar-refractivity contribution in [1.29, 1.82) is 0 Å². The van der Waals surface area contributed by atoms with Crippen LogP contribution in [0.2, 0.25) is 0 Å². The van der Waals surface area contributed by atoms with Crippen LogP contribution < -0.4 is 4.72 Å². The Morgan fingerprint density at radius 2 is 1.68 bits per heavy atom. The number of nitrogens with one attached hydrogen (secondary N) is 1. The SMILES string of the molecule is Cc1cc(C)c(S(=O)(=O)NCC2CCN(C(=O)c3ccncc3)CC2)cc1C. The number of sulfonamides is 1. The number of hydrogen-bond acceptors (Lipinski definition) is 4. The molecule has 0 spiro atoms. The van der Waals surface area contributed by atoms with Crippen LogP contribution in [0.4, 0.5) is 0 Å². The van der Waals surface area contributed by atoms with Crippen LogP contribution in [0, 0.1) is 26.7 Å². The second-order valence-corrected chi connectivity index (χ2v) is 9.26. The van der Waals surface area contributed by atoms with Crippen molar-refractivity contribution in [2.75, 3.05) is 19.6 Å². The zero-order valence-electron chi connectivity index (χ0n) is 16.6. The van der Waals surface area contributed by atoms with Gasteiger partial charge in [0, 0.05) is 37.6 Å². The lowest BCUT2D eigenvalue weighted by molar-refractivity contribution is 0.0692. The summed E-state index contributed by atoms with van der Waals surface area (Å²) in [5.74, 6) is 0.232. The van der Waals surface area contributed by atoms with E-state index in [1.54, 1.807) is 30.6 Å². The molecule has 1 aromatic carbocycles. The highest BCUT2D eigenvalue weighted by molar-refractivity contribution is 7.89. The van der Waals surface area contributed by atoms with Crippen molar-refractivity contribution in [3.05, 3.63) is 58.9 Å². The van der Waals surface area contributed by atoms with E-state index >= 15 is 0 Å². The highest BCUT2D eigenvalue weighted by Crippen LogP contribution is 2.22. The lowest BCUT2D eigenvalue weighted by Gasteiger charge is -2.32. The number of rotatable bonds is 5. The summed E-state index contributed by atoms with van der Waals surface area (Å²) in [5.41, 5.74) is 3.45. The fourth-order valence-electron chi connectivity index (χ4n) is 3.55.